The summed E-state index contributed by atoms with van der Waals surface area (Å²) >= 11 is 1.77. The van der Waals surface area contributed by atoms with Crippen molar-refractivity contribution in [2.75, 3.05) is 13.1 Å². The molecule has 3 aromatic carbocycles. The third-order valence-electron chi connectivity index (χ3n) is 9.14. The summed E-state index contributed by atoms with van der Waals surface area (Å²) in [5, 5.41) is 0.447. The monoisotopic (exact) mass is 564 g/mol. The second-order valence-electron chi connectivity index (χ2n) is 11.9. The van der Waals surface area contributed by atoms with Gasteiger partial charge in [0.25, 0.3) is 11.8 Å². The van der Waals surface area contributed by atoms with Gasteiger partial charge in [-0.1, -0.05) is 79.6 Å². The SMILES string of the molecule is Cc1ccccc1CN1C(=O)/C(=C\c2ccc(C(=O)N3CCC(Cc4ccccc4)CC3)cc2)SC2CCCCC21. The van der Waals surface area contributed by atoms with E-state index in [2.05, 4.69) is 66.4 Å². The van der Waals surface area contributed by atoms with Gasteiger partial charge in [0, 0.05) is 36.5 Å². The molecule has 2 aliphatic heterocycles. The van der Waals surface area contributed by atoms with Crippen molar-refractivity contribution < 1.29 is 9.59 Å². The van der Waals surface area contributed by atoms with E-state index in [4.69, 9.17) is 0 Å². The number of thioether (sulfide) groups is 1. The van der Waals surface area contributed by atoms with Gasteiger partial charge >= 0.3 is 0 Å². The quantitative estimate of drug-likeness (QED) is 0.291. The first-order chi connectivity index (χ1) is 20.0. The normalized spacial score (nSPS) is 22.6. The third-order valence-corrected chi connectivity index (χ3v) is 10.5. The number of hydrogen-bond donors (Lipinski definition) is 0. The topological polar surface area (TPSA) is 40.6 Å². The van der Waals surface area contributed by atoms with Crippen molar-refractivity contribution in [1.29, 1.82) is 0 Å². The summed E-state index contributed by atoms with van der Waals surface area (Å²) in [5.41, 5.74) is 5.54. The van der Waals surface area contributed by atoms with Gasteiger partial charge in [-0.25, -0.2) is 0 Å². The van der Waals surface area contributed by atoms with Crippen molar-refractivity contribution in [3.63, 3.8) is 0 Å². The largest absolute Gasteiger partial charge is 0.339 e. The highest BCUT2D eigenvalue weighted by Crippen LogP contribution is 2.43. The third kappa shape index (κ3) is 6.46. The zero-order valence-electron chi connectivity index (χ0n) is 24.0. The lowest BCUT2D eigenvalue weighted by molar-refractivity contribution is -0.130. The summed E-state index contributed by atoms with van der Waals surface area (Å²) in [6, 6.07) is 27.2. The van der Waals surface area contributed by atoms with Crippen molar-refractivity contribution in [2.45, 2.75) is 69.7 Å². The maximum Gasteiger partial charge on any atom is 0.260 e. The minimum absolute atomic E-state index is 0.111. The molecule has 5 heteroatoms. The van der Waals surface area contributed by atoms with E-state index in [1.165, 1.54) is 29.5 Å². The summed E-state index contributed by atoms with van der Waals surface area (Å²) in [6.45, 7) is 4.42. The number of rotatable bonds is 6. The fourth-order valence-corrected chi connectivity index (χ4v) is 8.15. The molecule has 1 aliphatic carbocycles. The van der Waals surface area contributed by atoms with E-state index in [1.54, 1.807) is 11.8 Å². The van der Waals surface area contributed by atoms with Gasteiger partial charge < -0.3 is 9.80 Å². The summed E-state index contributed by atoms with van der Waals surface area (Å²) in [7, 11) is 0. The van der Waals surface area contributed by atoms with Crippen LogP contribution in [0.25, 0.3) is 6.08 Å². The summed E-state index contributed by atoms with van der Waals surface area (Å²) in [4.78, 5) is 32.0. The molecule has 212 valence electrons. The molecule has 3 fully saturated rings. The number of carbonyl (C=O) groups excluding carboxylic acids is 2. The Kier molecular flexibility index (Phi) is 8.62. The van der Waals surface area contributed by atoms with Gasteiger partial charge in [-0.15, -0.1) is 11.8 Å². The number of likely N-dealkylation sites (tertiary alicyclic amines) is 1. The number of nitrogens with zero attached hydrogens (tertiary/aromatic N) is 2. The molecule has 4 nitrogen and oxygen atoms in total. The maximum atomic E-state index is 13.8. The Balaban J connectivity index is 1.12. The van der Waals surface area contributed by atoms with Crippen LogP contribution >= 0.6 is 11.8 Å². The van der Waals surface area contributed by atoms with Crippen molar-refractivity contribution in [2.24, 2.45) is 5.92 Å². The molecule has 2 unspecified atom stereocenters. The van der Waals surface area contributed by atoms with Crippen LogP contribution in [0.4, 0.5) is 0 Å². The Labute approximate surface area is 248 Å². The van der Waals surface area contributed by atoms with Gasteiger partial charge in [-0.05, 0) is 85.4 Å². The van der Waals surface area contributed by atoms with E-state index in [0.717, 1.165) is 61.2 Å². The average molecular weight is 565 g/mol. The Hall–Kier alpha value is -3.31. The number of piperidine rings is 1. The highest BCUT2D eigenvalue weighted by molar-refractivity contribution is 8.04. The predicted molar refractivity (Wildman–Crippen MR) is 169 cm³/mol. The molecule has 0 bridgehead atoms. The minimum Gasteiger partial charge on any atom is -0.339 e. The van der Waals surface area contributed by atoms with Crippen LogP contribution in [-0.4, -0.2) is 46.0 Å². The molecular formula is C36H40N2O2S. The lowest BCUT2D eigenvalue weighted by atomic mass is 9.90. The lowest BCUT2D eigenvalue weighted by Gasteiger charge is -2.44. The van der Waals surface area contributed by atoms with Crippen LogP contribution < -0.4 is 0 Å². The Bertz CT molecular complexity index is 1390. The van der Waals surface area contributed by atoms with Crippen LogP contribution in [0, 0.1) is 12.8 Å². The maximum absolute atomic E-state index is 13.8. The molecule has 0 spiro atoms. The molecule has 1 saturated carbocycles. The Morgan fingerprint density at radius 1 is 0.878 bits per heavy atom. The molecular weight excluding hydrogens is 524 g/mol. The molecule has 6 rings (SSSR count). The van der Waals surface area contributed by atoms with E-state index >= 15 is 0 Å². The Morgan fingerprint density at radius 3 is 2.34 bits per heavy atom. The second-order valence-corrected chi connectivity index (χ2v) is 13.2. The molecule has 2 heterocycles. The molecule has 2 atom stereocenters. The molecule has 41 heavy (non-hydrogen) atoms. The van der Waals surface area contributed by atoms with Crippen LogP contribution in [0.5, 0.6) is 0 Å². The molecule has 2 saturated heterocycles. The number of hydrogen-bond acceptors (Lipinski definition) is 3. The van der Waals surface area contributed by atoms with E-state index in [-0.39, 0.29) is 11.8 Å². The van der Waals surface area contributed by atoms with Gasteiger partial charge in [0.1, 0.15) is 0 Å². The second kappa shape index (κ2) is 12.7. The van der Waals surface area contributed by atoms with Gasteiger partial charge in [0.2, 0.25) is 0 Å². The average Bonchev–Trinajstić information content (AvgIpc) is 3.01. The highest BCUT2D eigenvalue weighted by atomic mass is 32.2. The van der Waals surface area contributed by atoms with E-state index in [1.807, 2.05) is 35.2 Å². The molecule has 3 aromatic rings. The summed E-state index contributed by atoms with van der Waals surface area (Å²) in [6.07, 6.45) is 9.88. The molecule has 2 amide bonds. The van der Waals surface area contributed by atoms with E-state index in [9.17, 15) is 9.59 Å². The number of amides is 2. The number of carbonyl (C=O) groups is 2. The van der Waals surface area contributed by atoms with Gasteiger partial charge in [0.15, 0.2) is 0 Å². The van der Waals surface area contributed by atoms with Crippen molar-refractivity contribution in [1.82, 2.24) is 9.80 Å². The van der Waals surface area contributed by atoms with Gasteiger partial charge in [0.05, 0.1) is 4.91 Å². The Morgan fingerprint density at radius 2 is 1.59 bits per heavy atom. The van der Waals surface area contributed by atoms with Crippen LogP contribution in [0.3, 0.4) is 0 Å². The first-order valence-corrected chi connectivity index (χ1v) is 16.1. The first-order valence-electron chi connectivity index (χ1n) is 15.2. The van der Waals surface area contributed by atoms with Crippen LogP contribution in [0.15, 0.2) is 83.8 Å². The van der Waals surface area contributed by atoms with Crippen molar-refractivity contribution in [3.05, 3.63) is 112 Å². The smallest absolute Gasteiger partial charge is 0.260 e. The number of fused-ring (bicyclic) bond motifs is 1. The highest BCUT2D eigenvalue weighted by Gasteiger charge is 2.40. The summed E-state index contributed by atoms with van der Waals surface area (Å²) < 4.78 is 0. The number of aryl methyl sites for hydroxylation is 1. The zero-order chi connectivity index (χ0) is 28.2. The van der Waals surface area contributed by atoms with Gasteiger partial charge in [-0.3, -0.25) is 9.59 Å². The first kappa shape index (κ1) is 27.8. The lowest BCUT2D eigenvalue weighted by Crippen LogP contribution is -2.50. The molecule has 0 N–H and O–H groups in total. The van der Waals surface area contributed by atoms with Crippen LogP contribution in [0.2, 0.25) is 0 Å². The molecule has 0 radical (unpaired) electrons. The molecule has 0 aromatic heterocycles. The number of benzene rings is 3. The van der Waals surface area contributed by atoms with Crippen LogP contribution in [0.1, 0.15) is 71.1 Å². The minimum atomic E-state index is 0.111. The standard InChI is InChI=1S/C36H40N2O2S/c1-26-9-5-6-12-31(26)25-38-32-13-7-8-14-33(32)41-34(36(38)40)24-28-15-17-30(18-16-28)35(39)37-21-19-29(20-22-37)23-27-10-3-2-4-11-27/h2-6,9-12,15-18,24,29,32-33H,7-8,13-14,19-23,25H2,1H3/b34-24+. The fourth-order valence-electron chi connectivity index (χ4n) is 6.68. The van der Waals surface area contributed by atoms with E-state index in [0.29, 0.717) is 23.8 Å². The van der Waals surface area contributed by atoms with Crippen molar-refractivity contribution >= 4 is 29.7 Å². The van der Waals surface area contributed by atoms with Crippen molar-refractivity contribution in [3.8, 4) is 0 Å². The van der Waals surface area contributed by atoms with Crippen LogP contribution in [-0.2, 0) is 17.8 Å². The predicted octanol–water partition coefficient (Wildman–Crippen LogP) is 7.52. The van der Waals surface area contributed by atoms with Gasteiger partial charge in [-0.2, -0.15) is 0 Å². The molecule has 3 aliphatic rings. The fraction of sp³-hybridized carbons (Fsp3) is 0.389. The summed E-state index contributed by atoms with van der Waals surface area (Å²) in [5.74, 6) is 0.884. The van der Waals surface area contributed by atoms with E-state index < -0.39 is 0 Å². The zero-order valence-corrected chi connectivity index (χ0v) is 24.8.